The van der Waals surface area contributed by atoms with Crippen LogP contribution >= 0.6 is 0 Å². The number of aliphatic carboxylic acids is 1. The number of hydrogen-bond donors (Lipinski definition) is 2. The number of alkyl halides is 3. The number of carbonyl (C=O) groups is 2. The number of nitrogens with zero attached hydrogens (tertiary/aromatic N) is 1. The molecule has 0 bridgehead atoms. The highest BCUT2D eigenvalue weighted by atomic mass is 19.4. The minimum atomic E-state index is -4.64. The average Bonchev–Trinajstić information content (AvgIpc) is 3.00. The maximum Gasteiger partial charge on any atom is 0.394 e. The molecule has 1 saturated heterocycles. The van der Waals surface area contributed by atoms with Gasteiger partial charge in [-0.2, -0.15) is 13.2 Å². The third-order valence-corrected chi connectivity index (χ3v) is 4.42. The molecule has 0 radical (unpaired) electrons. The maximum atomic E-state index is 13.0. The van der Waals surface area contributed by atoms with Crippen molar-refractivity contribution in [3.63, 3.8) is 0 Å². The van der Waals surface area contributed by atoms with E-state index in [9.17, 15) is 22.8 Å². The molecule has 3 atom stereocenters. The standard InChI is InChI=1S/C17H21F3N2O3/c1-11(7-8-12-5-3-2-4-6-12)21-16(25)22-9-13(15(23)24)14(10-22)17(18,19)20/h2-6,11,13-14H,7-10H2,1H3,(H,21,25)(H,23,24)/t11?,13-,14-/m1/s1. The number of aryl methyl sites for hydroxylation is 1. The number of benzene rings is 1. The lowest BCUT2D eigenvalue weighted by Gasteiger charge is -2.21. The summed E-state index contributed by atoms with van der Waals surface area (Å²) >= 11 is 0. The summed E-state index contributed by atoms with van der Waals surface area (Å²) in [6.45, 7) is 0.710. The Labute approximate surface area is 143 Å². The van der Waals surface area contributed by atoms with Gasteiger partial charge >= 0.3 is 18.2 Å². The van der Waals surface area contributed by atoms with Gasteiger partial charge in [-0.3, -0.25) is 4.79 Å². The normalized spacial score (nSPS) is 21.8. The molecule has 1 fully saturated rings. The quantitative estimate of drug-likeness (QED) is 0.850. The molecule has 1 unspecified atom stereocenters. The number of hydrogen-bond acceptors (Lipinski definition) is 2. The zero-order chi connectivity index (χ0) is 18.6. The predicted octanol–water partition coefficient (Wildman–Crippen LogP) is 2.91. The van der Waals surface area contributed by atoms with Gasteiger partial charge in [-0.25, -0.2) is 4.79 Å². The Kier molecular flexibility index (Phi) is 5.92. The highest BCUT2D eigenvalue weighted by Crippen LogP contribution is 2.37. The summed E-state index contributed by atoms with van der Waals surface area (Å²) in [5.74, 6) is -5.18. The van der Waals surface area contributed by atoms with E-state index >= 15 is 0 Å². The van der Waals surface area contributed by atoms with Gasteiger partial charge in [0.1, 0.15) is 0 Å². The van der Waals surface area contributed by atoms with E-state index in [4.69, 9.17) is 5.11 Å². The van der Waals surface area contributed by atoms with Gasteiger partial charge in [0.25, 0.3) is 0 Å². The van der Waals surface area contributed by atoms with Crippen LogP contribution in [0.1, 0.15) is 18.9 Å². The van der Waals surface area contributed by atoms with Crippen molar-refractivity contribution in [1.29, 1.82) is 0 Å². The molecule has 1 aromatic rings. The van der Waals surface area contributed by atoms with Crippen LogP contribution in [0.3, 0.4) is 0 Å². The molecule has 8 heteroatoms. The molecule has 0 saturated carbocycles. The molecular weight excluding hydrogens is 337 g/mol. The van der Waals surface area contributed by atoms with E-state index in [2.05, 4.69) is 5.32 Å². The Hall–Kier alpha value is -2.25. The number of carboxylic acid groups (broad SMARTS) is 1. The average molecular weight is 358 g/mol. The summed E-state index contributed by atoms with van der Waals surface area (Å²) in [5, 5.41) is 11.6. The van der Waals surface area contributed by atoms with Gasteiger partial charge in [0.2, 0.25) is 0 Å². The number of nitrogens with one attached hydrogen (secondary N) is 1. The van der Waals surface area contributed by atoms with E-state index in [0.29, 0.717) is 6.42 Å². The first-order chi connectivity index (χ1) is 11.7. The van der Waals surface area contributed by atoms with Gasteiger partial charge in [-0.15, -0.1) is 0 Å². The van der Waals surface area contributed by atoms with Gasteiger partial charge < -0.3 is 15.3 Å². The van der Waals surface area contributed by atoms with Gasteiger partial charge in [-0.1, -0.05) is 30.3 Å². The fourth-order valence-electron chi connectivity index (χ4n) is 2.95. The third-order valence-electron chi connectivity index (χ3n) is 4.42. The second-order valence-electron chi connectivity index (χ2n) is 6.37. The van der Waals surface area contributed by atoms with Gasteiger partial charge in [-0.05, 0) is 25.3 Å². The molecule has 25 heavy (non-hydrogen) atoms. The Balaban J connectivity index is 1.89. The van der Waals surface area contributed by atoms with Crippen molar-refractivity contribution in [3.05, 3.63) is 35.9 Å². The highest BCUT2D eigenvalue weighted by Gasteiger charge is 2.53. The molecule has 1 aliphatic heterocycles. The Morgan fingerprint density at radius 1 is 1.28 bits per heavy atom. The zero-order valence-electron chi connectivity index (χ0n) is 13.8. The molecule has 5 nitrogen and oxygen atoms in total. The summed E-state index contributed by atoms with van der Waals surface area (Å²) in [4.78, 5) is 24.2. The van der Waals surface area contributed by atoms with Gasteiger partial charge in [0.05, 0.1) is 11.8 Å². The monoisotopic (exact) mass is 358 g/mol. The summed E-state index contributed by atoms with van der Waals surface area (Å²) in [6.07, 6.45) is -3.28. The molecule has 2 N–H and O–H groups in total. The van der Waals surface area contributed by atoms with E-state index < -0.39 is 43.1 Å². The largest absolute Gasteiger partial charge is 0.481 e. The number of rotatable bonds is 5. The molecule has 0 aliphatic carbocycles. The van der Waals surface area contributed by atoms with Crippen LogP contribution in [0.4, 0.5) is 18.0 Å². The van der Waals surface area contributed by atoms with Crippen LogP contribution < -0.4 is 5.32 Å². The lowest BCUT2D eigenvalue weighted by molar-refractivity contribution is -0.187. The maximum absolute atomic E-state index is 13.0. The van der Waals surface area contributed by atoms with Crippen LogP contribution in [0.25, 0.3) is 0 Å². The second kappa shape index (κ2) is 7.76. The summed E-state index contributed by atoms with van der Waals surface area (Å²) in [5.41, 5.74) is 1.10. The molecule has 138 valence electrons. The Morgan fingerprint density at radius 3 is 2.44 bits per heavy atom. The van der Waals surface area contributed by atoms with E-state index in [1.165, 1.54) is 0 Å². The first-order valence-corrected chi connectivity index (χ1v) is 8.07. The number of halogens is 3. The lowest BCUT2D eigenvalue weighted by Crippen LogP contribution is -2.43. The van der Waals surface area contributed by atoms with Crippen LogP contribution in [0.5, 0.6) is 0 Å². The first-order valence-electron chi connectivity index (χ1n) is 8.07. The molecule has 0 spiro atoms. The van der Waals surface area contributed by atoms with Crippen LogP contribution in [0.2, 0.25) is 0 Å². The summed E-state index contributed by atoms with van der Waals surface area (Å²) in [7, 11) is 0. The number of carbonyl (C=O) groups excluding carboxylic acids is 1. The number of carboxylic acids is 1. The minimum Gasteiger partial charge on any atom is -0.481 e. The van der Waals surface area contributed by atoms with E-state index in [0.717, 1.165) is 16.9 Å². The molecule has 1 heterocycles. The van der Waals surface area contributed by atoms with Crippen molar-refractivity contribution in [2.45, 2.75) is 32.0 Å². The Morgan fingerprint density at radius 2 is 1.92 bits per heavy atom. The zero-order valence-corrected chi connectivity index (χ0v) is 13.8. The summed E-state index contributed by atoms with van der Waals surface area (Å²) in [6, 6.07) is 8.75. The van der Waals surface area contributed by atoms with Crippen LogP contribution in [0.15, 0.2) is 30.3 Å². The van der Waals surface area contributed by atoms with Gasteiger partial charge in [0.15, 0.2) is 0 Å². The van der Waals surface area contributed by atoms with Crippen molar-refractivity contribution in [3.8, 4) is 0 Å². The summed E-state index contributed by atoms with van der Waals surface area (Å²) < 4.78 is 38.9. The molecule has 2 rings (SSSR count). The van der Waals surface area contributed by atoms with Gasteiger partial charge in [0, 0.05) is 19.1 Å². The topological polar surface area (TPSA) is 69.6 Å². The number of urea groups is 1. The predicted molar refractivity (Wildman–Crippen MR) is 85.0 cm³/mol. The fraction of sp³-hybridized carbons (Fsp3) is 0.529. The third kappa shape index (κ3) is 5.11. The first kappa shape index (κ1) is 19.1. The highest BCUT2D eigenvalue weighted by molar-refractivity contribution is 5.78. The molecular formula is C17H21F3N2O3. The van der Waals surface area contributed by atoms with Crippen LogP contribution in [0, 0.1) is 11.8 Å². The fourth-order valence-corrected chi connectivity index (χ4v) is 2.95. The number of likely N-dealkylation sites (tertiary alicyclic amines) is 1. The lowest BCUT2D eigenvalue weighted by atomic mass is 9.96. The van der Waals surface area contributed by atoms with Crippen molar-refractivity contribution in [2.75, 3.05) is 13.1 Å². The van der Waals surface area contributed by atoms with Crippen molar-refractivity contribution in [2.24, 2.45) is 11.8 Å². The molecule has 0 aromatic heterocycles. The molecule has 1 aromatic carbocycles. The van der Waals surface area contributed by atoms with Crippen molar-refractivity contribution >= 4 is 12.0 Å². The van der Waals surface area contributed by atoms with Crippen LogP contribution in [-0.2, 0) is 11.2 Å². The number of amides is 2. The smallest absolute Gasteiger partial charge is 0.394 e. The SMILES string of the molecule is CC(CCc1ccccc1)NC(=O)N1C[C@@H](C(F)(F)F)[C@H](C(=O)O)C1. The minimum absolute atomic E-state index is 0.235. The van der Waals surface area contributed by atoms with E-state index in [-0.39, 0.29) is 6.04 Å². The Bertz CT molecular complexity index is 607. The molecule has 2 amide bonds. The molecule has 1 aliphatic rings. The second-order valence-corrected chi connectivity index (χ2v) is 6.37. The van der Waals surface area contributed by atoms with Crippen molar-refractivity contribution in [1.82, 2.24) is 10.2 Å². The van der Waals surface area contributed by atoms with Crippen molar-refractivity contribution < 1.29 is 27.9 Å². The van der Waals surface area contributed by atoms with E-state index in [1.807, 2.05) is 30.3 Å². The van der Waals surface area contributed by atoms with E-state index in [1.54, 1.807) is 6.92 Å². The van der Waals surface area contributed by atoms with Crippen LogP contribution in [-0.4, -0.2) is 47.3 Å².